The normalized spacial score (nSPS) is 48.0. The van der Waals surface area contributed by atoms with Crippen LogP contribution in [-0.2, 0) is 14.4 Å². The van der Waals surface area contributed by atoms with Crippen LogP contribution in [-0.4, -0.2) is 57.7 Å². The zero-order valence-corrected chi connectivity index (χ0v) is 21.7. The van der Waals surface area contributed by atoms with E-state index in [4.69, 9.17) is 0 Å². The highest BCUT2D eigenvalue weighted by atomic mass is 16.3. The van der Waals surface area contributed by atoms with Gasteiger partial charge in [0.05, 0.1) is 12.2 Å². The smallest absolute Gasteiger partial charge is 0.259 e. The predicted molar refractivity (Wildman–Crippen MR) is 137 cm³/mol. The molecular formula is C29H40N2O6. The molecule has 11 atom stereocenters. The van der Waals surface area contributed by atoms with Gasteiger partial charge in [0.1, 0.15) is 17.4 Å². The molecule has 4 fully saturated rings. The van der Waals surface area contributed by atoms with E-state index in [1.165, 1.54) is 25.0 Å². The average Bonchev–Trinajstić information content (AvgIpc) is 3.48. The van der Waals surface area contributed by atoms with Crippen LogP contribution < -0.4 is 10.6 Å². The molecule has 2 amide bonds. The molecule has 8 nitrogen and oxygen atoms in total. The number of carbonyl (C=O) groups excluding carboxylic acids is 3. The lowest BCUT2D eigenvalue weighted by molar-refractivity contribution is -0.118. The van der Waals surface area contributed by atoms with Gasteiger partial charge >= 0.3 is 0 Å². The molecule has 0 spiro atoms. The van der Waals surface area contributed by atoms with Crippen molar-refractivity contribution in [2.45, 2.75) is 70.6 Å². The molecule has 3 saturated carbocycles. The molecule has 2 bridgehead atoms. The van der Waals surface area contributed by atoms with Gasteiger partial charge in [-0.25, -0.2) is 0 Å². The number of hydrogen-bond acceptors (Lipinski definition) is 6. The molecule has 5 rings (SSSR count). The third-order valence-electron chi connectivity index (χ3n) is 10.2. The number of rotatable bonds is 1. The summed E-state index contributed by atoms with van der Waals surface area (Å²) in [6.07, 6.45) is 9.79. The SMILES string of the molecule is CC[C@H]1C[C@@H]2C[C@@H]3[C@H]4C/C=C\C(=O)NCCC(O)C5NC(=O)/C(=C(O)/C=C/[C@@H]4C[C@H](O)[C@H]3[C@@H]2[C@H]1C)C5=O. The minimum Gasteiger partial charge on any atom is -0.507 e. The summed E-state index contributed by atoms with van der Waals surface area (Å²) < 4.78 is 0. The maximum atomic E-state index is 12.8. The van der Waals surface area contributed by atoms with E-state index < -0.39 is 35.7 Å². The van der Waals surface area contributed by atoms with Gasteiger partial charge in [0.2, 0.25) is 5.91 Å². The second kappa shape index (κ2) is 10.4. The summed E-state index contributed by atoms with van der Waals surface area (Å²) in [5.74, 6) is 1.03. The van der Waals surface area contributed by atoms with Gasteiger partial charge in [-0.1, -0.05) is 32.4 Å². The maximum absolute atomic E-state index is 12.8. The van der Waals surface area contributed by atoms with Gasteiger partial charge in [0.25, 0.3) is 5.91 Å². The molecule has 0 aromatic rings. The molecule has 8 heteroatoms. The zero-order valence-electron chi connectivity index (χ0n) is 21.7. The summed E-state index contributed by atoms with van der Waals surface area (Å²) in [5.41, 5.74) is -0.350. The van der Waals surface area contributed by atoms with Crippen LogP contribution in [0.3, 0.4) is 0 Å². The van der Waals surface area contributed by atoms with Crippen molar-refractivity contribution >= 4 is 17.6 Å². The molecule has 202 valence electrons. The van der Waals surface area contributed by atoms with Crippen molar-refractivity contribution in [1.29, 1.82) is 0 Å². The number of ketones is 1. The Labute approximate surface area is 218 Å². The number of hydrogen-bond donors (Lipinski definition) is 5. The molecule has 0 radical (unpaired) electrons. The van der Waals surface area contributed by atoms with Crippen LogP contribution in [0.25, 0.3) is 0 Å². The molecule has 5 aliphatic rings. The van der Waals surface area contributed by atoms with Crippen molar-refractivity contribution in [3.63, 3.8) is 0 Å². The Bertz CT molecular complexity index is 1030. The number of aliphatic hydroxyl groups is 3. The number of fused-ring (bicyclic) bond motifs is 7. The highest BCUT2D eigenvalue weighted by molar-refractivity contribution is 6.27. The second-order valence-corrected chi connectivity index (χ2v) is 11.9. The third kappa shape index (κ3) is 4.67. The summed E-state index contributed by atoms with van der Waals surface area (Å²) >= 11 is 0. The molecule has 0 aromatic heterocycles. The lowest BCUT2D eigenvalue weighted by Gasteiger charge is -2.44. The van der Waals surface area contributed by atoms with Crippen molar-refractivity contribution in [2.75, 3.05) is 6.54 Å². The van der Waals surface area contributed by atoms with E-state index in [0.29, 0.717) is 42.4 Å². The molecule has 1 saturated heterocycles. The standard InChI is InChI=1S/C29H40N2O6/c1-3-15-11-17-12-19-18-5-4-6-23(35)30-10-9-21(33)27-28(36)26(29(37)31-27)20(32)8-7-16(18)13-22(34)25(19)24(17)14(15)2/h4,6-8,14-19,21-22,24-25,27,32-34H,3,5,9-13H2,1-2H3,(H,30,35)(H,31,37)/b6-4-,8-7+,26-20-/t14-,15-,16+,17+,18-,19+,21?,22-,24+,25-,27?/m0/s1. The Morgan fingerprint density at radius 1 is 1.00 bits per heavy atom. The molecule has 0 aromatic carbocycles. The third-order valence-corrected chi connectivity index (χ3v) is 10.2. The van der Waals surface area contributed by atoms with Crippen LogP contribution in [0.1, 0.15) is 52.4 Å². The highest BCUT2D eigenvalue weighted by Gasteiger charge is 2.58. The molecule has 37 heavy (non-hydrogen) atoms. The second-order valence-electron chi connectivity index (χ2n) is 11.9. The van der Waals surface area contributed by atoms with E-state index in [1.54, 1.807) is 0 Å². The number of Topliss-reactive ketones (excluding diaryl/α,β-unsaturated/α-hetero) is 1. The lowest BCUT2D eigenvalue weighted by Crippen LogP contribution is -2.43. The Hall–Kier alpha value is -2.45. The first-order valence-corrected chi connectivity index (χ1v) is 14.0. The van der Waals surface area contributed by atoms with Gasteiger partial charge in [-0.05, 0) is 91.6 Å². The van der Waals surface area contributed by atoms with Gasteiger partial charge in [-0.3, -0.25) is 14.4 Å². The fourth-order valence-electron chi connectivity index (χ4n) is 8.51. The van der Waals surface area contributed by atoms with Crippen LogP contribution in [0.2, 0.25) is 0 Å². The van der Waals surface area contributed by atoms with Gasteiger partial charge in [-0.15, -0.1) is 0 Å². The topological polar surface area (TPSA) is 136 Å². The molecule has 5 N–H and O–H groups in total. The van der Waals surface area contributed by atoms with Gasteiger partial charge in [-0.2, -0.15) is 0 Å². The van der Waals surface area contributed by atoms with Gasteiger partial charge < -0.3 is 26.0 Å². The first kappa shape index (κ1) is 26.2. The quantitative estimate of drug-likeness (QED) is 0.342. The van der Waals surface area contributed by atoms with E-state index in [2.05, 4.69) is 24.5 Å². The number of amides is 2. The fourth-order valence-corrected chi connectivity index (χ4v) is 8.51. The molecule has 3 aliphatic carbocycles. The number of aliphatic hydroxyl groups excluding tert-OH is 3. The van der Waals surface area contributed by atoms with Crippen LogP contribution in [0.4, 0.5) is 0 Å². The number of carbonyl (C=O) groups is 3. The predicted octanol–water partition coefficient (Wildman–Crippen LogP) is 2.18. The van der Waals surface area contributed by atoms with Gasteiger partial charge in [0, 0.05) is 6.54 Å². The Balaban J connectivity index is 1.47. The molecular weight excluding hydrogens is 472 g/mol. The first-order valence-electron chi connectivity index (χ1n) is 14.0. The monoisotopic (exact) mass is 512 g/mol. The van der Waals surface area contributed by atoms with E-state index in [1.807, 2.05) is 12.2 Å². The minimum absolute atomic E-state index is 0.0725. The Morgan fingerprint density at radius 3 is 2.54 bits per heavy atom. The zero-order chi connectivity index (χ0) is 26.4. The fraction of sp³-hybridized carbons (Fsp3) is 0.690. The van der Waals surface area contributed by atoms with Crippen LogP contribution >= 0.6 is 0 Å². The van der Waals surface area contributed by atoms with Gasteiger partial charge in [0.15, 0.2) is 5.78 Å². The van der Waals surface area contributed by atoms with Crippen LogP contribution in [0.5, 0.6) is 0 Å². The van der Waals surface area contributed by atoms with Crippen LogP contribution in [0, 0.1) is 47.3 Å². The first-order chi connectivity index (χ1) is 17.7. The summed E-state index contributed by atoms with van der Waals surface area (Å²) in [7, 11) is 0. The largest absolute Gasteiger partial charge is 0.507 e. The maximum Gasteiger partial charge on any atom is 0.259 e. The summed E-state index contributed by atoms with van der Waals surface area (Å²) in [4.78, 5) is 37.7. The van der Waals surface area contributed by atoms with E-state index in [-0.39, 0.29) is 42.2 Å². The minimum atomic E-state index is -1.19. The Kier molecular flexibility index (Phi) is 7.33. The van der Waals surface area contributed by atoms with Crippen molar-refractivity contribution in [1.82, 2.24) is 10.6 Å². The average molecular weight is 513 g/mol. The van der Waals surface area contributed by atoms with Crippen molar-refractivity contribution in [3.05, 3.63) is 35.6 Å². The van der Waals surface area contributed by atoms with E-state index >= 15 is 0 Å². The highest BCUT2D eigenvalue weighted by Crippen LogP contribution is 2.62. The molecule has 2 heterocycles. The van der Waals surface area contributed by atoms with Crippen molar-refractivity contribution < 1.29 is 29.7 Å². The molecule has 2 unspecified atom stereocenters. The lowest BCUT2D eigenvalue weighted by atomic mass is 9.62. The van der Waals surface area contributed by atoms with Crippen molar-refractivity contribution in [2.24, 2.45) is 47.3 Å². The molecule has 2 aliphatic heterocycles. The number of nitrogens with one attached hydrogen (secondary N) is 2. The van der Waals surface area contributed by atoms with Crippen molar-refractivity contribution in [3.8, 4) is 0 Å². The Morgan fingerprint density at radius 2 is 1.78 bits per heavy atom. The van der Waals surface area contributed by atoms with Crippen LogP contribution in [0.15, 0.2) is 35.6 Å². The summed E-state index contributed by atoms with van der Waals surface area (Å²) in [6, 6.07) is -1.16. The number of allylic oxidation sites excluding steroid dienone is 3. The van der Waals surface area contributed by atoms with E-state index in [9.17, 15) is 29.7 Å². The summed E-state index contributed by atoms with van der Waals surface area (Å²) in [6.45, 7) is 4.76. The summed E-state index contributed by atoms with van der Waals surface area (Å²) in [5, 5.41) is 37.7. The van der Waals surface area contributed by atoms with E-state index in [0.717, 1.165) is 6.42 Å².